The van der Waals surface area contributed by atoms with Crippen molar-refractivity contribution >= 4 is 9.84 Å². The van der Waals surface area contributed by atoms with Gasteiger partial charge in [0.05, 0.1) is 11.5 Å². The largest absolute Gasteiger partial charge is 0.327 e. The SMILES string of the molecule is CN(CC1C2CCC(C2)C1N)C1CCS(=O)(=O)C1. The summed E-state index contributed by atoms with van der Waals surface area (Å²) in [6.07, 6.45) is 4.75. The van der Waals surface area contributed by atoms with Crippen LogP contribution in [0.25, 0.3) is 0 Å². The molecule has 0 radical (unpaired) electrons. The Morgan fingerprint density at radius 1 is 1.22 bits per heavy atom. The fourth-order valence-corrected chi connectivity index (χ4v) is 6.14. The third-order valence-electron chi connectivity index (χ3n) is 5.49. The minimum Gasteiger partial charge on any atom is -0.327 e. The third-order valence-corrected chi connectivity index (χ3v) is 7.24. The van der Waals surface area contributed by atoms with Crippen molar-refractivity contribution in [3.05, 3.63) is 0 Å². The molecular formula is C13H24N2O2S. The molecule has 18 heavy (non-hydrogen) atoms. The van der Waals surface area contributed by atoms with E-state index in [1.165, 1.54) is 19.3 Å². The molecule has 2 bridgehead atoms. The molecule has 5 unspecified atom stereocenters. The van der Waals surface area contributed by atoms with Crippen LogP contribution in [0.15, 0.2) is 0 Å². The molecular weight excluding hydrogens is 248 g/mol. The van der Waals surface area contributed by atoms with Gasteiger partial charge in [-0.15, -0.1) is 0 Å². The molecule has 0 amide bonds. The number of hydrogen-bond acceptors (Lipinski definition) is 4. The van der Waals surface area contributed by atoms with E-state index in [0.717, 1.165) is 24.8 Å². The molecule has 3 aliphatic rings. The first-order chi connectivity index (χ1) is 8.46. The Hall–Kier alpha value is -0.130. The average molecular weight is 272 g/mol. The molecule has 4 nitrogen and oxygen atoms in total. The van der Waals surface area contributed by atoms with Gasteiger partial charge in [0, 0.05) is 18.6 Å². The van der Waals surface area contributed by atoms with Crippen molar-refractivity contribution in [1.82, 2.24) is 4.90 Å². The van der Waals surface area contributed by atoms with Crippen molar-refractivity contribution in [1.29, 1.82) is 0 Å². The summed E-state index contributed by atoms with van der Waals surface area (Å²) >= 11 is 0. The fourth-order valence-electron chi connectivity index (χ4n) is 4.33. The van der Waals surface area contributed by atoms with Gasteiger partial charge in [0.25, 0.3) is 0 Å². The topological polar surface area (TPSA) is 63.4 Å². The quantitative estimate of drug-likeness (QED) is 0.811. The molecule has 5 heteroatoms. The number of nitrogens with zero attached hydrogens (tertiary/aromatic N) is 1. The second-order valence-electron chi connectivity index (χ2n) is 6.57. The summed E-state index contributed by atoms with van der Waals surface area (Å²) in [7, 11) is -0.697. The van der Waals surface area contributed by atoms with E-state index in [1.807, 2.05) is 0 Å². The molecule has 0 spiro atoms. The van der Waals surface area contributed by atoms with Crippen LogP contribution in [0.1, 0.15) is 25.7 Å². The van der Waals surface area contributed by atoms with Crippen molar-refractivity contribution in [3.63, 3.8) is 0 Å². The van der Waals surface area contributed by atoms with Gasteiger partial charge in [-0.2, -0.15) is 0 Å². The van der Waals surface area contributed by atoms with Crippen LogP contribution >= 0.6 is 0 Å². The first-order valence-electron chi connectivity index (χ1n) is 7.12. The zero-order valence-electron chi connectivity index (χ0n) is 11.1. The molecule has 0 aromatic rings. The summed E-state index contributed by atoms with van der Waals surface area (Å²) in [5.74, 6) is 2.84. The lowest BCUT2D eigenvalue weighted by Crippen LogP contribution is -2.45. The molecule has 0 aromatic carbocycles. The van der Waals surface area contributed by atoms with E-state index in [2.05, 4.69) is 11.9 Å². The van der Waals surface area contributed by atoms with Crippen LogP contribution in [0, 0.1) is 17.8 Å². The van der Waals surface area contributed by atoms with Crippen LogP contribution in [0.3, 0.4) is 0 Å². The Morgan fingerprint density at radius 3 is 2.50 bits per heavy atom. The summed E-state index contributed by atoms with van der Waals surface area (Å²) < 4.78 is 23.0. The Bertz CT molecular complexity index is 421. The fraction of sp³-hybridized carbons (Fsp3) is 1.00. The van der Waals surface area contributed by atoms with E-state index >= 15 is 0 Å². The van der Waals surface area contributed by atoms with Crippen molar-refractivity contribution in [3.8, 4) is 0 Å². The molecule has 3 rings (SSSR count). The predicted molar refractivity (Wildman–Crippen MR) is 72.0 cm³/mol. The highest BCUT2D eigenvalue weighted by Crippen LogP contribution is 2.47. The number of fused-ring (bicyclic) bond motifs is 2. The second kappa shape index (κ2) is 4.46. The summed E-state index contributed by atoms with van der Waals surface area (Å²) in [5.41, 5.74) is 6.32. The Balaban J connectivity index is 1.60. The standard InChI is InChI=1S/C13H24N2O2S/c1-15(11-4-5-18(16,17)8-11)7-12-9-2-3-10(6-9)13(12)14/h9-13H,2-8,14H2,1H3. The molecule has 3 fully saturated rings. The highest BCUT2D eigenvalue weighted by Gasteiger charge is 2.46. The van der Waals surface area contributed by atoms with Gasteiger partial charge < -0.3 is 10.6 Å². The highest BCUT2D eigenvalue weighted by atomic mass is 32.2. The van der Waals surface area contributed by atoms with Gasteiger partial charge in [-0.25, -0.2) is 8.42 Å². The molecule has 1 saturated heterocycles. The Morgan fingerprint density at radius 2 is 1.94 bits per heavy atom. The Kier molecular flexibility index (Phi) is 3.19. The first-order valence-corrected chi connectivity index (χ1v) is 8.94. The van der Waals surface area contributed by atoms with Crippen molar-refractivity contribution in [2.75, 3.05) is 25.1 Å². The zero-order valence-corrected chi connectivity index (χ0v) is 11.9. The monoisotopic (exact) mass is 272 g/mol. The maximum absolute atomic E-state index is 11.5. The highest BCUT2D eigenvalue weighted by molar-refractivity contribution is 7.91. The van der Waals surface area contributed by atoms with Crippen LogP contribution in [-0.4, -0.2) is 50.5 Å². The maximum Gasteiger partial charge on any atom is 0.151 e. The molecule has 2 saturated carbocycles. The number of rotatable bonds is 3. The van der Waals surface area contributed by atoms with Crippen molar-refractivity contribution in [2.45, 2.75) is 37.8 Å². The molecule has 5 atom stereocenters. The summed E-state index contributed by atoms with van der Waals surface area (Å²) in [6, 6.07) is 0.575. The molecule has 2 aliphatic carbocycles. The summed E-state index contributed by atoms with van der Waals surface area (Å²) in [4.78, 5) is 2.26. The van der Waals surface area contributed by atoms with Gasteiger partial charge in [0.2, 0.25) is 0 Å². The molecule has 0 aromatic heterocycles. The van der Waals surface area contributed by atoms with Gasteiger partial charge in [0.15, 0.2) is 9.84 Å². The third kappa shape index (κ3) is 2.21. The normalized spacial score (nSPS) is 46.1. The van der Waals surface area contributed by atoms with Gasteiger partial charge in [0.1, 0.15) is 0 Å². The summed E-state index contributed by atoms with van der Waals surface area (Å²) in [5, 5.41) is 0. The molecule has 1 aliphatic heterocycles. The number of sulfone groups is 1. The van der Waals surface area contributed by atoms with Gasteiger partial charge in [-0.3, -0.25) is 0 Å². The zero-order chi connectivity index (χ0) is 12.9. The van der Waals surface area contributed by atoms with E-state index in [9.17, 15) is 8.42 Å². The summed E-state index contributed by atoms with van der Waals surface area (Å²) in [6.45, 7) is 0.989. The van der Waals surface area contributed by atoms with Gasteiger partial charge in [-0.05, 0) is 50.5 Å². The first kappa shape index (κ1) is 12.9. The molecule has 104 valence electrons. The van der Waals surface area contributed by atoms with E-state index in [1.54, 1.807) is 0 Å². The maximum atomic E-state index is 11.5. The predicted octanol–water partition coefficient (Wildman–Crippen LogP) is 0.479. The minimum absolute atomic E-state index is 0.223. The van der Waals surface area contributed by atoms with E-state index in [-0.39, 0.29) is 6.04 Å². The second-order valence-corrected chi connectivity index (χ2v) is 8.80. The van der Waals surface area contributed by atoms with Crippen LogP contribution in [0.4, 0.5) is 0 Å². The molecule has 2 N–H and O–H groups in total. The lowest BCUT2D eigenvalue weighted by molar-refractivity contribution is 0.168. The van der Waals surface area contributed by atoms with Crippen molar-refractivity contribution in [2.24, 2.45) is 23.5 Å². The van der Waals surface area contributed by atoms with Gasteiger partial charge >= 0.3 is 0 Å². The average Bonchev–Trinajstić information content (AvgIpc) is 2.96. The number of hydrogen-bond donors (Lipinski definition) is 1. The van der Waals surface area contributed by atoms with Crippen LogP contribution < -0.4 is 5.73 Å². The van der Waals surface area contributed by atoms with E-state index < -0.39 is 9.84 Å². The van der Waals surface area contributed by atoms with E-state index in [0.29, 0.717) is 23.5 Å². The lowest BCUT2D eigenvalue weighted by atomic mass is 9.84. The lowest BCUT2D eigenvalue weighted by Gasteiger charge is -2.34. The van der Waals surface area contributed by atoms with E-state index in [4.69, 9.17) is 5.73 Å². The minimum atomic E-state index is -2.77. The van der Waals surface area contributed by atoms with Crippen molar-refractivity contribution < 1.29 is 8.42 Å². The van der Waals surface area contributed by atoms with Crippen LogP contribution in [0.2, 0.25) is 0 Å². The smallest absolute Gasteiger partial charge is 0.151 e. The molecule has 1 heterocycles. The van der Waals surface area contributed by atoms with Crippen LogP contribution in [-0.2, 0) is 9.84 Å². The number of nitrogens with two attached hydrogens (primary N) is 1. The van der Waals surface area contributed by atoms with Crippen LogP contribution in [0.5, 0.6) is 0 Å². The Labute approximate surface area is 110 Å². The van der Waals surface area contributed by atoms with Gasteiger partial charge in [-0.1, -0.05) is 0 Å².